The first-order valence-electron chi connectivity index (χ1n) is 4.42. The lowest BCUT2D eigenvalue weighted by Crippen LogP contribution is -3.06. The normalized spacial score (nSPS) is 10.6. The lowest BCUT2D eigenvalue weighted by molar-refractivity contribution is -0.856. The van der Waals surface area contributed by atoms with Crippen LogP contribution in [0.3, 0.4) is 0 Å². The molecule has 0 aliphatic rings. The molecule has 0 saturated heterocycles. The lowest BCUT2D eigenvalue weighted by atomic mass is 10.4. The third kappa shape index (κ3) is 3.51. The second-order valence-corrected chi connectivity index (χ2v) is 4.10. The standard InChI is InChI=1S/C9H13BrN2O2/c1-12(2)6-5-11-9(13)7-3-4-8(10)14-7/h3-4H,5-6H2,1-2H3,(H,11,13)/p+1. The second kappa shape index (κ2) is 5.17. The fourth-order valence-electron chi connectivity index (χ4n) is 0.949. The quantitative estimate of drug-likeness (QED) is 0.797. The third-order valence-corrected chi connectivity index (χ3v) is 2.13. The number of furan rings is 1. The minimum Gasteiger partial charge on any atom is -0.444 e. The Hall–Kier alpha value is -0.810. The van der Waals surface area contributed by atoms with Crippen molar-refractivity contribution in [1.82, 2.24) is 5.32 Å². The highest BCUT2D eigenvalue weighted by molar-refractivity contribution is 9.10. The van der Waals surface area contributed by atoms with E-state index in [1.807, 2.05) is 14.1 Å². The van der Waals surface area contributed by atoms with E-state index in [2.05, 4.69) is 21.2 Å². The molecule has 1 rings (SSSR count). The van der Waals surface area contributed by atoms with Crippen LogP contribution in [0.1, 0.15) is 10.6 Å². The van der Waals surface area contributed by atoms with Gasteiger partial charge in [0.15, 0.2) is 10.4 Å². The number of carbonyl (C=O) groups is 1. The number of hydrogen-bond acceptors (Lipinski definition) is 2. The molecular weight excluding hydrogens is 248 g/mol. The highest BCUT2D eigenvalue weighted by Crippen LogP contribution is 2.13. The van der Waals surface area contributed by atoms with Gasteiger partial charge >= 0.3 is 0 Å². The van der Waals surface area contributed by atoms with E-state index in [0.29, 0.717) is 17.0 Å². The highest BCUT2D eigenvalue weighted by atomic mass is 79.9. The van der Waals surface area contributed by atoms with Crippen LogP contribution < -0.4 is 10.2 Å². The van der Waals surface area contributed by atoms with Crippen LogP contribution >= 0.6 is 15.9 Å². The molecule has 0 unspecified atom stereocenters. The zero-order chi connectivity index (χ0) is 10.6. The summed E-state index contributed by atoms with van der Waals surface area (Å²) in [6, 6.07) is 3.34. The number of quaternary nitrogens is 1. The first-order valence-corrected chi connectivity index (χ1v) is 5.21. The van der Waals surface area contributed by atoms with E-state index in [1.165, 1.54) is 4.90 Å². The van der Waals surface area contributed by atoms with Gasteiger partial charge in [0, 0.05) is 0 Å². The zero-order valence-corrected chi connectivity index (χ0v) is 9.85. The summed E-state index contributed by atoms with van der Waals surface area (Å²) in [6.45, 7) is 1.55. The monoisotopic (exact) mass is 261 g/mol. The molecule has 0 aliphatic heterocycles. The van der Waals surface area contributed by atoms with Crippen LogP contribution in [-0.4, -0.2) is 33.1 Å². The molecule has 1 aromatic rings. The minimum absolute atomic E-state index is 0.169. The van der Waals surface area contributed by atoms with Crippen molar-refractivity contribution in [3.8, 4) is 0 Å². The molecule has 1 aromatic heterocycles. The minimum atomic E-state index is -0.169. The maximum atomic E-state index is 11.4. The molecule has 0 aliphatic carbocycles. The van der Waals surface area contributed by atoms with Gasteiger partial charge in [-0.2, -0.15) is 0 Å². The summed E-state index contributed by atoms with van der Waals surface area (Å²) in [6.07, 6.45) is 0. The van der Waals surface area contributed by atoms with Crippen molar-refractivity contribution in [2.75, 3.05) is 27.2 Å². The fraction of sp³-hybridized carbons (Fsp3) is 0.444. The van der Waals surface area contributed by atoms with E-state index in [9.17, 15) is 4.79 Å². The Balaban J connectivity index is 2.36. The van der Waals surface area contributed by atoms with E-state index < -0.39 is 0 Å². The van der Waals surface area contributed by atoms with Crippen molar-refractivity contribution in [1.29, 1.82) is 0 Å². The van der Waals surface area contributed by atoms with E-state index in [4.69, 9.17) is 4.42 Å². The van der Waals surface area contributed by atoms with Crippen LogP contribution in [0.15, 0.2) is 21.2 Å². The van der Waals surface area contributed by atoms with E-state index >= 15 is 0 Å². The van der Waals surface area contributed by atoms with Crippen LogP contribution in [0.2, 0.25) is 0 Å². The molecule has 0 fully saturated rings. The number of likely N-dealkylation sites (N-methyl/N-ethyl adjacent to an activating group) is 1. The highest BCUT2D eigenvalue weighted by Gasteiger charge is 2.09. The summed E-state index contributed by atoms with van der Waals surface area (Å²) >= 11 is 3.14. The van der Waals surface area contributed by atoms with E-state index in [1.54, 1.807) is 12.1 Å². The Bertz CT molecular complexity index is 310. The molecule has 0 radical (unpaired) electrons. The van der Waals surface area contributed by atoms with Gasteiger partial charge in [-0.1, -0.05) is 0 Å². The van der Waals surface area contributed by atoms with Crippen LogP contribution in [0.25, 0.3) is 0 Å². The Morgan fingerprint density at radius 3 is 2.79 bits per heavy atom. The predicted octanol–water partition coefficient (Wildman–Crippen LogP) is -0.0836. The fourth-order valence-corrected chi connectivity index (χ4v) is 1.26. The van der Waals surface area contributed by atoms with Crippen molar-refractivity contribution in [2.24, 2.45) is 0 Å². The first-order chi connectivity index (χ1) is 6.59. The molecule has 78 valence electrons. The van der Waals surface area contributed by atoms with Gasteiger partial charge in [-0.25, -0.2) is 0 Å². The topological polar surface area (TPSA) is 46.7 Å². The number of nitrogens with one attached hydrogen (secondary N) is 2. The van der Waals surface area contributed by atoms with E-state index in [0.717, 1.165) is 6.54 Å². The van der Waals surface area contributed by atoms with Gasteiger partial charge in [-0.3, -0.25) is 4.79 Å². The zero-order valence-electron chi connectivity index (χ0n) is 8.26. The number of rotatable bonds is 4. The Morgan fingerprint density at radius 2 is 2.29 bits per heavy atom. The predicted molar refractivity (Wildman–Crippen MR) is 56.4 cm³/mol. The van der Waals surface area contributed by atoms with Gasteiger partial charge in [0.1, 0.15) is 0 Å². The largest absolute Gasteiger partial charge is 0.444 e. The second-order valence-electron chi connectivity index (χ2n) is 3.32. The number of amides is 1. The molecule has 0 saturated carbocycles. The van der Waals surface area contributed by atoms with Crippen molar-refractivity contribution in [3.05, 3.63) is 22.6 Å². The van der Waals surface area contributed by atoms with Gasteiger partial charge in [-0.05, 0) is 28.1 Å². The number of carbonyl (C=O) groups excluding carboxylic acids is 1. The summed E-state index contributed by atoms with van der Waals surface area (Å²) in [7, 11) is 4.07. The van der Waals surface area contributed by atoms with Gasteiger partial charge in [0.25, 0.3) is 5.91 Å². The summed E-state index contributed by atoms with van der Waals surface area (Å²) in [4.78, 5) is 12.7. The summed E-state index contributed by atoms with van der Waals surface area (Å²) in [5.41, 5.74) is 0. The lowest BCUT2D eigenvalue weighted by Gasteiger charge is -2.06. The molecular formula is C9H14BrN2O2+. The van der Waals surface area contributed by atoms with Crippen LogP contribution in [0.5, 0.6) is 0 Å². The Labute approximate surface area is 91.4 Å². The van der Waals surface area contributed by atoms with Crippen LogP contribution in [-0.2, 0) is 0 Å². The van der Waals surface area contributed by atoms with Gasteiger partial charge < -0.3 is 14.6 Å². The number of hydrogen-bond donors (Lipinski definition) is 2. The summed E-state index contributed by atoms with van der Waals surface area (Å²) < 4.78 is 5.67. The van der Waals surface area contributed by atoms with Crippen molar-refractivity contribution in [2.45, 2.75) is 0 Å². The first kappa shape index (κ1) is 11.3. The molecule has 2 N–H and O–H groups in total. The smallest absolute Gasteiger partial charge is 0.287 e. The Kier molecular flexibility index (Phi) is 4.16. The molecule has 0 aromatic carbocycles. The van der Waals surface area contributed by atoms with Crippen molar-refractivity contribution in [3.63, 3.8) is 0 Å². The maximum Gasteiger partial charge on any atom is 0.287 e. The van der Waals surface area contributed by atoms with Gasteiger partial charge in [-0.15, -0.1) is 0 Å². The average Bonchev–Trinajstić information content (AvgIpc) is 2.51. The van der Waals surface area contributed by atoms with Gasteiger partial charge in [0.05, 0.1) is 27.2 Å². The molecule has 1 amide bonds. The number of halogens is 1. The molecule has 1 heterocycles. The SMILES string of the molecule is C[NH+](C)CCNC(=O)c1ccc(Br)o1. The molecule has 0 atom stereocenters. The maximum absolute atomic E-state index is 11.4. The third-order valence-electron chi connectivity index (χ3n) is 1.71. The van der Waals surface area contributed by atoms with Crippen molar-refractivity contribution >= 4 is 21.8 Å². The van der Waals surface area contributed by atoms with E-state index in [-0.39, 0.29) is 5.91 Å². The van der Waals surface area contributed by atoms with Crippen molar-refractivity contribution < 1.29 is 14.1 Å². The van der Waals surface area contributed by atoms with Crippen LogP contribution in [0, 0.1) is 0 Å². The molecule has 4 nitrogen and oxygen atoms in total. The summed E-state index contributed by atoms with van der Waals surface area (Å²) in [5.74, 6) is 0.169. The molecule has 0 bridgehead atoms. The van der Waals surface area contributed by atoms with Gasteiger partial charge in [0.2, 0.25) is 0 Å². The van der Waals surface area contributed by atoms with Crippen LogP contribution in [0.4, 0.5) is 0 Å². The molecule has 0 spiro atoms. The average molecular weight is 262 g/mol. The summed E-state index contributed by atoms with van der Waals surface area (Å²) in [5, 5.41) is 2.77. The molecule has 14 heavy (non-hydrogen) atoms. The molecule has 5 heteroatoms. The Morgan fingerprint density at radius 1 is 1.57 bits per heavy atom.